The maximum Gasteiger partial charge on any atom is 6.00 e. The summed E-state index contributed by atoms with van der Waals surface area (Å²) in [5.74, 6) is 1.08. The maximum atomic E-state index is 6.25. The molecule has 0 atom stereocenters. The zero-order valence-corrected chi connectivity index (χ0v) is 13.0. The Kier molecular flexibility index (Phi) is 81.8. The Morgan fingerprint density at radius 1 is 0.696 bits per heavy atom. The van der Waals surface area contributed by atoms with E-state index in [1.165, 1.54) is 12.0 Å². The van der Waals surface area contributed by atoms with Crippen molar-refractivity contribution in [2.24, 2.45) is 0 Å². The van der Waals surface area contributed by atoms with E-state index in [2.05, 4.69) is 12.1 Å². The number of hydrogen-bond acceptors (Lipinski definition) is 7. The minimum absolute atomic E-state index is 0. The van der Waals surface area contributed by atoms with Crippen LogP contribution in [0.2, 0.25) is 0 Å². The minimum Gasteiger partial charge on any atom is -0.512 e. The first-order valence-corrected chi connectivity index (χ1v) is 5.02. The van der Waals surface area contributed by atoms with Crippen LogP contribution in [0.15, 0.2) is 24.3 Å². The van der Waals surface area contributed by atoms with Gasteiger partial charge in [0, 0.05) is 0 Å². The fraction of sp³-hybridized carbons (Fsp3) is 0.200. The molecule has 0 N–H and O–H groups in total. The van der Waals surface area contributed by atoms with Crippen LogP contribution in [0.25, 0.3) is 0 Å². The van der Waals surface area contributed by atoms with Gasteiger partial charge in [0.2, 0.25) is 0 Å². The van der Waals surface area contributed by atoms with Gasteiger partial charge in [-0.15, -0.1) is 0 Å². The number of hydrogen-bond donors (Lipinski definition) is 0. The first-order valence-electron chi connectivity index (χ1n) is 5.02. The van der Waals surface area contributed by atoms with Crippen molar-refractivity contribution in [1.29, 1.82) is 31.6 Å². The Balaban J connectivity index is -0.0000000481. The van der Waals surface area contributed by atoms with E-state index in [9.17, 15) is 0 Å². The summed E-state index contributed by atoms with van der Waals surface area (Å²) in [6, 6.07) is 8.25. The molecule has 0 aliphatic carbocycles. The third-order valence-corrected chi connectivity index (χ3v) is 1.82. The topological polar surface area (TPSA) is 152 Å². The first kappa shape index (κ1) is 36.6. The summed E-state index contributed by atoms with van der Waals surface area (Å²) in [6.07, 6.45) is 2.34. The van der Waals surface area contributed by atoms with Gasteiger partial charge in [-0.2, -0.15) is 0 Å². The summed E-state index contributed by atoms with van der Waals surface area (Å²) in [7, 11) is 0. The molecule has 0 spiro atoms. The van der Waals surface area contributed by atoms with E-state index in [1.54, 1.807) is 0 Å². The van der Waals surface area contributed by atoms with Gasteiger partial charge in [-0.25, -0.2) is 0 Å². The molecular formula is C15H10FeN6O. The Hall–Kier alpha value is -3.52. The van der Waals surface area contributed by atoms with Gasteiger partial charge < -0.3 is 75.7 Å². The molecule has 1 aromatic rings. The van der Waals surface area contributed by atoms with E-state index in [1.807, 2.05) is 12.1 Å². The summed E-state index contributed by atoms with van der Waals surface area (Å²) in [5, 5.41) is 37.5. The molecule has 0 radical (unpaired) electrons. The fourth-order valence-electron chi connectivity index (χ4n) is 1.30. The van der Waals surface area contributed by atoms with Crippen LogP contribution in [-0.2, 0) is 23.5 Å². The number of ether oxygens (including phenoxy) is 1. The second-order valence-corrected chi connectivity index (χ2v) is 2.56. The monoisotopic (exact) mass is 346 g/mol. The van der Waals surface area contributed by atoms with Crippen molar-refractivity contribution >= 4 is 0 Å². The van der Waals surface area contributed by atoms with Gasteiger partial charge in [0.25, 0.3) is 0 Å². The summed E-state index contributed by atoms with van der Waals surface area (Å²) < 4.78 is 5.42. The maximum absolute atomic E-state index is 6.25. The van der Waals surface area contributed by atoms with Crippen LogP contribution >= 0.6 is 0 Å². The second kappa shape index (κ2) is 51.4. The molecule has 114 valence electrons. The summed E-state index contributed by atoms with van der Waals surface area (Å²) in [5.41, 5.74) is 1.36. The third kappa shape index (κ3) is 23.9. The molecule has 7 nitrogen and oxygen atoms in total. The number of fused-ring (bicyclic) bond motifs is 1. The minimum atomic E-state index is 0. The van der Waals surface area contributed by atoms with Gasteiger partial charge in [-0.1, -0.05) is 18.2 Å². The molecule has 0 amide bonds. The smallest absolute Gasteiger partial charge is 0.512 e. The Bertz CT molecular complexity index is 391. The van der Waals surface area contributed by atoms with Gasteiger partial charge in [0.15, 0.2) is 0 Å². The first-order chi connectivity index (χ1) is 11.0. The van der Waals surface area contributed by atoms with Crippen molar-refractivity contribution in [3.8, 4) is 5.75 Å². The predicted octanol–water partition coefficient (Wildman–Crippen LogP) is 2.59. The molecular weight excluding hydrogens is 336 g/mol. The molecule has 8 heteroatoms. The van der Waals surface area contributed by atoms with Crippen LogP contribution in [0.4, 0.5) is 0 Å². The van der Waals surface area contributed by atoms with Crippen LogP contribution < -0.4 is 4.74 Å². The Labute approximate surface area is 148 Å². The molecule has 0 fully saturated rings. The van der Waals surface area contributed by atoms with Crippen molar-refractivity contribution in [1.82, 2.24) is 0 Å². The molecule has 1 aliphatic rings. The third-order valence-electron chi connectivity index (χ3n) is 1.82. The number of nitrogens with zero attached hydrogens (tertiary/aromatic N) is 6. The van der Waals surface area contributed by atoms with E-state index in [-0.39, 0.29) is 17.1 Å². The second-order valence-electron chi connectivity index (χ2n) is 2.56. The van der Waals surface area contributed by atoms with Crippen molar-refractivity contribution in [2.75, 3.05) is 6.61 Å². The molecule has 23 heavy (non-hydrogen) atoms. The zero-order valence-electron chi connectivity index (χ0n) is 11.9. The normalized spacial score (nSPS) is 7.30. The van der Waals surface area contributed by atoms with E-state index < -0.39 is 0 Å². The summed E-state index contributed by atoms with van der Waals surface area (Å²) >= 11 is 0. The molecule has 2 rings (SSSR count). The summed E-state index contributed by atoms with van der Waals surface area (Å²) in [6.45, 7) is 29.4. The number of para-hydroxylation sites is 1. The zero-order chi connectivity index (χ0) is 18.8. The van der Waals surface area contributed by atoms with Crippen molar-refractivity contribution in [2.45, 2.75) is 12.8 Å². The SMILES string of the molecule is [C-]#N.[C-]#N.[C-]#N.[C-]#N.[C-]#N.[C-]#N.[Fe+6].c1ccc2c(c1)CCCO2. The van der Waals surface area contributed by atoms with Crippen LogP contribution in [0.5, 0.6) is 5.75 Å². The average molecular weight is 346 g/mol. The number of aryl methyl sites for hydroxylation is 1. The molecule has 0 aromatic heterocycles. The van der Waals surface area contributed by atoms with E-state index in [0.29, 0.717) is 0 Å². The average Bonchev–Trinajstić information content (AvgIpc) is 2.71. The molecule has 1 aromatic carbocycles. The Morgan fingerprint density at radius 2 is 1.09 bits per heavy atom. The molecule has 1 heterocycles. The van der Waals surface area contributed by atoms with Gasteiger partial charge in [0.1, 0.15) is 5.75 Å². The van der Waals surface area contributed by atoms with Crippen molar-refractivity contribution < 1.29 is 21.8 Å². The molecule has 1 aliphatic heterocycles. The van der Waals surface area contributed by atoms with Crippen LogP contribution in [-0.4, -0.2) is 6.61 Å². The quantitative estimate of drug-likeness (QED) is 0.517. The fourth-order valence-corrected chi connectivity index (χ4v) is 1.30. The van der Waals surface area contributed by atoms with Gasteiger partial charge in [-0.3, -0.25) is 0 Å². The summed E-state index contributed by atoms with van der Waals surface area (Å²) in [4.78, 5) is 0. The molecule has 0 saturated heterocycles. The predicted molar refractivity (Wildman–Crippen MR) is 70.1 cm³/mol. The van der Waals surface area contributed by atoms with E-state index in [0.717, 1.165) is 18.8 Å². The molecule has 0 bridgehead atoms. The van der Waals surface area contributed by atoms with Crippen LogP contribution in [0.1, 0.15) is 12.0 Å². The largest absolute Gasteiger partial charge is 6.00 e. The van der Waals surface area contributed by atoms with Crippen molar-refractivity contribution in [3.63, 3.8) is 0 Å². The van der Waals surface area contributed by atoms with Crippen molar-refractivity contribution in [3.05, 3.63) is 69.3 Å². The van der Waals surface area contributed by atoms with E-state index >= 15 is 0 Å². The molecule has 0 unspecified atom stereocenters. The van der Waals surface area contributed by atoms with Crippen LogP contribution in [0.3, 0.4) is 0 Å². The van der Waals surface area contributed by atoms with Gasteiger partial charge in [-0.05, 0) is 24.5 Å². The van der Waals surface area contributed by atoms with Gasteiger partial charge >= 0.3 is 17.1 Å². The van der Waals surface area contributed by atoms with Crippen LogP contribution in [0, 0.1) is 71.0 Å². The molecule has 0 saturated carbocycles. The van der Waals surface area contributed by atoms with E-state index in [4.69, 9.17) is 75.7 Å². The van der Waals surface area contributed by atoms with Gasteiger partial charge in [0.05, 0.1) is 6.61 Å². The number of rotatable bonds is 0. The number of benzene rings is 1. The Morgan fingerprint density at radius 3 is 1.48 bits per heavy atom. The standard InChI is InChI=1S/C9H10O.6CN.Fe/c1-2-6-9-8(4-1)5-3-7-10-9;6*1-2;/h1-2,4,6H,3,5,7H2;;;;;;;/q;6*-1;+6.